The van der Waals surface area contributed by atoms with Crippen LogP contribution in [0.2, 0.25) is 0 Å². The largest absolute Gasteiger partial charge is 0.271 e. The summed E-state index contributed by atoms with van der Waals surface area (Å²) in [4.78, 5) is 7.21. The molecule has 0 bridgehead atoms. The molecule has 3 N–H and O–H groups in total. The van der Waals surface area contributed by atoms with E-state index in [1.165, 1.54) is 36.1 Å². The van der Waals surface area contributed by atoms with Crippen molar-refractivity contribution in [3.63, 3.8) is 0 Å². The van der Waals surface area contributed by atoms with Crippen LogP contribution in [-0.2, 0) is 12.8 Å². The van der Waals surface area contributed by atoms with Crippen LogP contribution in [0.3, 0.4) is 0 Å². The third kappa shape index (κ3) is 2.56. The zero-order valence-corrected chi connectivity index (χ0v) is 12.0. The molecule has 0 amide bonds. The molecule has 3 nitrogen and oxygen atoms in total. The van der Waals surface area contributed by atoms with Gasteiger partial charge in [-0.2, -0.15) is 0 Å². The van der Waals surface area contributed by atoms with Gasteiger partial charge in [0.2, 0.25) is 0 Å². The number of hydrogen-bond donors (Lipinski definition) is 2. The molecule has 1 atom stereocenters. The second-order valence-corrected chi connectivity index (χ2v) is 6.31. The van der Waals surface area contributed by atoms with Crippen LogP contribution in [0.15, 0.2) is 24.4 Å². The molecule has 2 heterocycles. The second kappa shape index (κ2) is 5.41. The molecule has 19 heavy (non-hydrogen) atoms. The number of nitrogens with one attached hydrogen (secondary N) is 1. The minimum Gasteiger partial charge on any atom is -0.271 e. The van der Waals surface area contributed by atoms with Gasteiger partial charge in [-0.3, -0.25) is 10.8 Å². The Morgan fingerprint density at radius 2 is 2.16 bits per heavy atom. The van der Waals surface area contributed by atoms with E-state index in [0.717, 1.165) is 11.3 Å². The highest BCUT2D eigenvalue weighted by Crippen LogP contribution is 2.34. The standard InChI is InChI=1S/C15H19N3S/c1-10-6-7-12(9-17-10)15(18-16)14-8-11-4-2-3-5-13(11)19-14/h6-9,15,18H,2-5,16H2,1H3. The molecule has 0 aromatic carbocycles. The molecule has 3 rings (SSSR count). The topological polar surface area (TPSA) is 50.9 Å². The maximum absolute atomic E-state index is 5.76. The van der Waals surface area contributed by atoms with Crippen LogP contribution < -0.4 is 11.3 Å². The summed E-state index contributed by atoms with van der Waals surface area (Å²) in [6, 6.07) is 6.52. The highest BCUT2D eigenvalue weighted by atomic mass is 32.1. The third-order valence-electron chi connectivity index (χ3n) is 3.73. The molecule has 2 aromatic rings. The van der Waals surface area contributed by atoms with E-state index in [4.69, 9.17) is 5.84 Å². The summed E-state index contributed by atoms with van der Waals surface area (Å²) in [6.45, 7) is 2.00. The number of thiophene rings is 1. The fraction of sp³-hybridized carbons (Fsp3) is 0.400. The van der Waals surface area contributed by atoms with Crippen molar-refractivity contribution in [3.05, 3.63) is 51.0 Å². The molecule has 0 aliphatic heterocycles. The molecule has 0 saturated carbocycles. The Morgan fingerprint density at radius 3 is 2.84 bits per heavy atom. The first-order valence-corrected chi connectivity index (χ1v) is 7.60. The Morgan fingerprint density at radius 1 is 1.32 bits per heavy atom. The predicted molar refractivity (Wildman–Crippen MR) is 79.1 cm³/mol. The van der Waals surface area contributed by atoms with E-state index in [-0.39, 0.29) is 6.04 Å². The Kier molecular flexibility index (Phi) is 3.64. The first-order chi connectivity index (χ1) is 9.28. The van der Waals surface area contributed by atoms with Crippen LogP contribution in [0, 0.1) is 6.92 Å². The summed E-state index contributed by atoms with van der Waals surface area (Å²) in [5.74, 6) is 5.76. The molecule has 4 heteroatoms. The van der Waals surface area contributed by atoms with Gasteiger partial charge in [-0.25, -0.2) is 5.43 Å². The highest BCUT2D eigenvalue weighted by Gasteiger charge is 2.19. The molecule has 1 aliphatic carbocycles. The molecule has 0 fully saturated rings. The van der Waals surface area contributed by atoms with Gasteiger partial charge in [-0.1, -0.05) is 6.07 Å². The summed E-state index contributed by atoms with van der Waals surface area (Å²) in [5, 5.41) is 0. The lowest BCUT2D eigenvalue weighted by Crippen LogP contribution is -2.28. The van der Waals surface area contributed by atoms with Gasteiger partial charge in [0, 0.05) is 21.6 Å². The number of hydrogen-bond acceptors (Lipinski definition) is 4. The van der Waals surface area contributed by atoms with Crippen molar-refractivity contribution in [2.24, 2.45) is 5.84 Å². The van der Waals surface area contributed by atoms with Crippen LogP contribution in [0.5, 0.6) is 0 Å². The third-order valence-corrected chi connectivity index (χ3v) is 5.04. The van der Waals surface area contributed by atoms with E-state index in [1.807, 2.05) is 30.5 Å². The number of nitrogens with two attached hydrogens (primary N) is 1. The maximum Gasteiger partial charge on any atom is 0.0817 e. The van der Waals surface area contributed by atoms with E-state index in [1.54, 1.807) is 4.88 Å². The summed E-state index contributed by atoms with van der Waals surface area (Å²) < 4.78 is 0. The van der Waals surface area contributed by atoms with Gasteiger partial charge in [0.25, 0.3) is 0 Å². The molecule has 2 aromatic heterocycles. The number of aryl methyl sites for hydroxylation is 3. The van der Waals surface area contributed by atoms with Crippen molar-refractivity contribution >= 4 is 11.3 Å². The van der Waals surface area contributed by atoms with Crippen molar-refractivity contribution in [3.8, 4) is 0 Å². The molecular weight excluding hydrogens is 254 g/mol. The zero-order valence-electron chi connectivity index (χ0n) is 11.1. The van der Waals surface area contributed by atoms with Crippen molar-refractivity contribution in [2.45, 2.75) is 38.6 Å². The second-order valence-electron chi connectivity index (χ2n) is 5.14. The lowest BCUT2D eigenvalue weighted by molar-refractivity contribution is 0.642. The van der Waals surface area contributed by atoms with Crippen LogP contribution >= 0.6 is 11.3 Å². The van der Waals surface area contributed by atoms with Crippen LogP contribution in [0.1, 0.15) is 45.5 Å². The smallest absolute Gasteiger partial charge is 0.0817 e. The van der Waals surface area contributed by atoms with Gasteiger partial charge in [0.15, 0.2) is 0 Å². The van der Waals surface area contributed by atoms with Gasteiger partial charge in [0.05, 0.1) is 6.04 Å². The van der Waals surface area contributed by atoms with Gasteiger partial charge < -0.3 is 0 Å². The van der Waals surface area contributed by atoms with E-state index in [2.05, 4.69) is 22.5 Å². The minimum atomic E-state index is 0.0590. The van der Waals surface area contributed by atoms with Crippen LogP contribution in [0.4, 0.5) is 0 Å². The summed E-state index contributed by atoms with van der Waals surface area (Å²) in [5.41, 5.74) is 6.62. The average Bonchev–Trinajstić information content (AvgIpc) is 2.85. The van der Waals surface area contributed by atoms with E-state index >= 15 is 0 Å². The monoisotopic (exact) mass is 273 g/mol. The van der Waals surface area contributed by atoms with Crippen molar-refractivity contribution in [2.75, 3.05) is 0 Å². The maximum atomic E-state index is 5.76. The summed E-state index contributed by atoms with van der Waals surface area (Å²) in [7, 11) is 0. The fourth-order valence-corrected chi connectivity index (χ4v) is 3.99. The highest BCUT2D eigenvalue weighted by molar-refractivity contribution is 7.12. The average molecular weight is 273 g/mol. The molecule has 0 spiro atoms. The first-order valence-electron chi connectivity index (χ1n) is 6.78. The SMILES string of the molecule is Cc1ccc(C(NN)c2cc3c(s2)CCCC3)cn1. The molecular formula is C15H19N3S. The number of pyridine rings is 1. The lowest BCUT2D eigenvalue weighted by Gasteiger charge is -2.14. The van der Waals surface area contributed by atoms with Gasteiger partial charge in [-0.05, 0) is 55.9 Å². The van der Waals surface area contributed by atoms with Crippen LogP contribution in [-0.4, -0.2) is 4.98 Å². The van der Waals surface area contributed by atoms with Gasteiger partial charge >= 0.3 is 0 Å². The molecule has 0 radical (unpaired) electrons. The Labute approximate surface area is 117 Å². The van der Waals surface area contributed by atoms with E-state index in [9.17, 15) is 0 Å². The minimum absolute atomic E-state index is 0.0590. The zero-order chi connectivity index (χ0) is 13.2. The first kappa shape index (κ1) is 12.8. The Hall–Kier alpha value is -1.23. The Bertz CT molecular complexity index is 536. The number of rotatable bonds is 3. The number of fused-ring (bicyclic) bond motifs is 1. The molecule has 1 unspecified atom stereocenters. The van der Waals surface area contributed by atoms with Crippen molar-refractivity contribution in [1.82, 2.24) is 10.4 Å². The normalized spacial score (nSPS) is 16.1. The van der Waals surface area contributed by atoms with Gasteiger partial charge in [0.1, 0.15) is 0 Å². The fourth-order valence-electron chi connectivity index (χ4n) is 2.65. The number of nitrogens with zero attached hydrogens (tertiary/aromatic N) is 1. The predicted octanol–water partition coefficient (Wildman–Crippen LogP) is 2.88. The van der Waals surface area contributed by atoms with E-state index in [0.29, 0.717) is 0 Å². The van der Waals surface area contributed by atoms with Crippen molar-refractivity contribution < 1.29 is 0 Å². The molecule has 100 valence electrons. The summed E-state index contributed by atoms with van der Waals surface area (Å²) >= 11 is 1.90. The van der Waals surface area contributed by atoms with Crippen molar-refractivity contribution in [1.29, 1.82) is 0 Å². The summed E-state index contributed by atoms with van der Waals surface area (Å²) in [6.07, 6.45) is 6.99. The van der Waals surface area contributed by atoms with Gasteiger partial charge in [-0.15, -0.1) is 11.3 Å². The molecule has 0 saturated heterocycles. The van der Waals surface area contributed by atoms with E-state index < -0.39 is 0 Å². The van der Waals surface area contributed by atoms with Crippen LogP contribution in [0.25, 0.3) is 0 Å². The molecule has 1 aliphatic rings. The number of hydrazine groups is 1. The lowest BCUT2D eigenvalue weighted by atomic mass is 9.98. The number of aromatic nitrogens is 1. The quantitative estimate of drug-likeness (QED) is 0.668. The Balaban J connectivity index is 1.93.